The molecule has 5 nitrogen and oxygen atoms in total. The lowest BCUT2D eigenvalue weighted by molar-refractivity contribution is 0.169. The van der Waals surface area contributed by atoms with Crippen LogP contribution in [0.5, 0.6) is 0 Å². The van der Waals surface area contributed by atoms with Crippen LogP contribution in [0.3, 0.4) is 0 Å². The molecule has 2 aromatic rings. The maximum atomic E-state index is 12.8. The first-order valence-corrected chi connectivity index (χ1v) is 10.3. The van der Waals surface area contributed by atoms with E-state index < -0.39 is 0 Å². The highest BCUT2D eigenvalue weighted by atomic mass is 16.3. The van der Waals surface area contributed by atoms with Gasteiger partial charge in [0.1, 0.15) is 0 Å². The van der Waals surface area contributed by atoms with E-state index in [0.717, 1.165) is 36.2 Å². The fraction of sp³-hybridized carbons (Fsp3) is 0.435. The van der Waals surface area contributed by atoms with Crippen molar-refractivity contribution in [3.8, 4) is 0 Å². The fourth-order valence-corrected chi connectivity index (χ4v) is 4.48. The summed E-state index contributed by atoms with van der Waals surface area (Å²) >= 11 is 0. The molecule has 2 heterocycles. The van der Waals surface area contributed by atoms with Crippen LogP contribution in [0.15, 0.2) is 42.5 Å². The van der Waals surface area contributed by atoms with Crippen LogP contribution in [-0.2, 0) is 19.5 Å². The Hall–Kier alpha value is -2.53. The van der Waals surface area contributed by atoms with Gasteiger partial charge in [-0.3, -0.25) is 0 Å². The third-order valence-electron chi connectivity index (χ3n) is 5.99. The van der Waals surface area contributed by atoms with Crippen LogP contribution >= 0.6 is 0 Å². The van der Waals surface area contributed by atoms with E-state index in [2.05, 4.69) is 41.4 Å². The van der Waals surface area contributed by atoms with Crippen molar-refractivity contribution < 1.29 is 9.90 Å². The van der Waals surface area contributed by atoms with Crippen molar-refractivity contribution >= 4 is 11.7 Å². The van der Waals surface area contributed by atoms with Gasteiger partial charge in [0.2, 0.25) is 0 Å². The summed E-state index contributed by atoms with van der Waals surface area (Å²) in [4.78, 5) is 17.0. The van der Waals surface area contributed by atoms with Gasteiger partial charge in [-0.05, 0) is 48.1 Å². The van der Waals surface area contributed by atoms with Crippen LogP contribution in [-0.4, -0.2) is 42.3 Å². The molecule has 2 N–H and O–H groups in total. The molecular formula is C23H29N3O2. The second-order valence-corrected chi connectivity index (χ2v) is 7.76. The fourth-order valence-electron chi connectivity index (χ4n) is 4.48. The van der Waals surface area contributed by atoms with E-state index in [9.17, 15) is 9.90 Å². The minimum absolute atomic E-state index is 0.0144. The number of fused-ring (bicyclic) bond motifs is 2. The molecule has 5 heteroatoms. The number of aliphatic hydroxyl groups is 1. The Labute approximate surface area is 167 Å². The molecule has 2 aromatic carbocycles. The van der Waals surface area contributed by atoms with Gasteiger partial charge in [-0.15, -0.1) is 0 Å². The molecule has 1 unspecified atom stereocenters. The zero-order valence-electron chi connectivity index (χ0n) is 16.5. The largest absolute Gasteiger partial charge is 0.396 e. The summed E-state index contributed by atoms with van der Waals surface area (Å²) in [6.07, 6.45) is 2.29. The average molecular weight is 380 g/mol. The normalized spacial score (nSPS) is 18.4. The maximum absolute atomic E-state index is 12.8. The molecule has 0 fully saturated rings. The van der Waals surface area contributed by atoms with Gasteiger partial charge in [0, 0.05) is 44.3 Å². The van der Waals surface area contributed by atoms with Crippen LogP contribution in [0.2, 0.25) is 0 Å². The van der Waals surface area contributed by atoms with Crippen molar-refractivity contribution in [2.75, 3.05) is 31.1 Å². The van der Waals surface area contributed by atoms with E-state index in [4.69, 9.17) is 0 Å². The summed E-state index contributed by atoms with van der Waals surface area (Å²) in [5, 5.41) is 12.8. The Balaban J connectivity index is 1.41. The number of nitrogens with zero attached hydrogens (tertiary/aromatic N) is 2. The number of benzene rings is 2. The molecule has 2 amide bonds. The van der Waals surface area contributed by atoms with Gasteiger partial charge < -0.3 is 20.2 Å². The Morgan fingerprint density at radius 1 is 1.21 bits per heavy atom. The van der Waals surface area contributed by atoms with E-state index in [-0.39, 0.29) is 18.6 Å². The first-order chi connectivity index (χ1) is 13.7. The first kappa shape index (κ1) is 18.8. The Bertz CT molecular complexity index is 851. The second kappa shape index (κ2) is 8.23. The minimum atomic E-state index is -0.0686. The van der Waals surface area contributed by atoms with E-state index in [1.165, 1.54) is 17.7 Å². The number of amides is 2. The van der Waals surface area contributed by atoms with E-state index in [1.807, 2.05) is 18.2 Å². The Morgan fingerprint density at radius 3 is 2.89 bits per heavy atom. The highest BCUT2D eigenvalue weighted by molar-refractivity contribution is 5.75. The third kappa shape index (κ3) is 3.72. The van der Waals surface area contributed by atoms with Gasteiger partial charge in [0.25, 0.3) is 0 Å². The van der Waals surface area contributed by atoms with Crippen LogP contribution in [0.4, 0.5) is 10.5 Å². The van der Waals surface area contributed by atoms with Gasteiger partial charge >= 0.3 is 6.03 Å². The van der Waals surface area contributed by atoms with Gasteiger partial charge in [0.15, 0.2) is 0 Å². The predicted molar refractivity (Wildman–Crippen MR) is 112 cm³/mol. The lowest BCUT2D eigenvalue weighted by Crippen LogP contribution is -2.44. The van der Waals surface area contributed by atoms with E-state index >= 15 is 0 Å². The van der Waals surface area contributed by atoms with Crippen molar-refractivity contribution in [3.05, 3.63) is 64.7 Å². The van der Waals surface area contributed by atoms with Crippen LogP contribution in [0, 0.1) is 0 Å². The van der Waals surface area contributed by atoms with Gasteiger partial charge in [0.05, 0.1) is 6.61 Å². The van der Waals surface area contributed by atoms with Gasteiger partial charge in [-0.25, -0.2) is 4.79 Å². The highest BCUT2D eigenvalue weighted by Gasteiger charge is 2.27. The maximum Gasteiger partial charge on any atom is 0.317 e. The summed E-state index contributed by atoms with van der Waals surface area (Å²) < 4.78 is 0. The van der Waals surface area contributed by atoms with Crippen LogP contribution < -0.4 is 10.2 Å². The quantitative estimate of drug-likeness (QED) is 0.857. The number of urea groups is 1. The number of rotatable bonds is 4. The van der Waals surface area contributed by atoms with Gasteiger partial charge in [-0.1, -0.05) is 36.4 Å². The van der Waals surface area contributed by atoms with Crippen molar-refractivity contribution in [2.45, 2.75) is 38.8 Å². The number of hydrogen-bond donors (Lipinski definition) is 2. The summed E-state index contributed by atoms with van der Waals surface area (Å²) in [5.74, 6) is -0.0144. The monoisotopic (exact) mass is 379 g/mol. The number of hydrogen-bond acceptors (Lipinski definition) is 3. The molecule has 148 valence electrons. The number of carbonyl (C=O) groups is 1. The Morgan fingerprint density at radius 2 is 2.07 bits per heavy atom. The van der Waals surface area contributed by atoms with E-state index in [0.29, 0.717) is 19.6 Å². The summed E-state index contributed by atoms with van der Waals surface area (Å²) in [5.41, 5.74) is 6.14. The minimum Gasteiger partial charge on any atom is -0.396 e. The highest BCUT2D eigenvalue weighted by Crippen LogP contribution is 2.29. The number of aryl methyl sites for hydroxylation is 1. The number of anilines is 1. The summed E-state index contributed by atoms with van der Waals surface area (Å²) in [7, 11) is 0. The third-order valence-corrected chi connectivity index (χ3v) is 5.99. The van der Waals surface area contributed by atoms with Gasteiger partial charge in [-0.2, -0.15) is 0 Å². The molecule has 0 aromatic heterocycles. The molecule has 2 aliphatic heterocycles. The molecule has 28 heavy (non-hydrogen) atoms. The zero-order chi connectivity index (χ0) is 19.5. The number of aliphatic hydroxyl groups excluding tert-OH is 1. The molecule has 1 atom stereocenters. The van der Waals surface area contributed by atoms with Crippen LogP contribution in [0.1, 0.15) is 41.5 Å². The van der Waals surface area contributed by atoms with Crippen molar-refractivity contribution in [3.63, 3.8) is 0 Å². The van der Waals surface area contributed by atoms with E-state index in [1.54, 1.807) is 4.90 Å². The lowest BCUT2D eigenvalue weighted by Gasteiger charge is -2.34. The topological polar surface area (TPSA) is 55.8 Å². The standard InChI is InChI=1S/C23H29N3O2/c1-2-25-11-5-7-18-12-17(9-10-22(18)25)13-24-23(28)26-14-19-6-3-4-8-21(19)20(15-26)16-27/h3-4,6,8-10,12,20,27H,2,5,7,11,13-16H2,1H3,(H,24,28). The summed E-state index contributed by atoms with van der Waals surface area (Å²) in [6, 6.07) is 14.6. The Kier molecular flexibility index (Phi) is 5.53. The second-order valence-electron chi connectivity index (χ2n) is 7.76. The average Bonchev–Trinajstić information content (AvgIpc) is 2.75. The smallest absolute Gasteiger partial charge is 0.317 e. The first-order valence-electron chi connectivity index (χ1n) is 10.3. The molecule has 0 radical (unpaired) electrons. The molecule has 2 aliphatic rings. The van der Waals surface area contributed by atoms with Crippen molar-refractivity contribution in [1.29, 1.82) is 0 Å². The van der Waals surface area contributed by atoms with Crippen LogP contribution in [0.25, 0.3) is 0 Å². The predicted octanol–water partition coefficient (Wildman–Crippen LogP) is 3.26. The molecular weight excluding hydrogens is 350 g/mol. The lowest BCUT2D eigenvalue weighted by atomic mass is 9.90. The number of nitrogens with one attached hydrogen (secondary N) is 1. The molecule has 0 saturated carbocycles. The molecule has 0 aliphatic carbocycles. The molecule has 0 bridgehead atoms. The SMILES string of the molecule is CCN1CCCc2cc(CNC(=O)N3Cc4ccccc4C(CO)C3)ccc21. The van der Waals surface area contributed by atoms with Crippen molar-refractivity contribution in [2.24, 2.45) is 0 Å². The number of carbonyl (C=O) groups excluding carboxylic acids is 1. The zero-order valence-corrected chi connectivity index (χ0v) is 16.5. The van der Waals surface area contributed by atoms with Crippen molar-refractivity contribution in [1.82, 2.24) is 10.2 Å². The molecule has 0 saturated heterocycles. The molecule has 0 spiro atoms. The summed E-state index contributed by atoms with van der Waals surface area (Å²) in [6.45, 7) is 6.08. The molecule has 4 rings (SSSR count).